The van der Waals surface area contributed by atoms with Crippen LogP contribution in [0.15, 0.2) is 59.5 Å². The van der Waals surface area contributed by atoms with Crippen LogP contribution in [0.2, 0.25) is 5.02 Å². The maximum Gasteiger partial charge on any atom is 0.248 e. The number of nitrogens with one attached hydrogen (secondary N) is 2. The van der Waals surface area contributed by atoms with E-state index in [9.17, 15) is 13.2 Å². The second-order valence-corrected chi connectivity index (χ2v) is 10.8. The number of benzene rings is 2. The highest BCUT2D eigenvalue weighted by molar-refractivity contribution is 7.89. The molecule has 0 aliphatic heterocycles. The number of hydrogen-bond acceptors (Lipinski definition) is 3. The first kappa shape index (κ1) is 22.1. The van der Waals surface area contributed by atoms with Crippen molar-refractivity contribution in [2.45, 2.75) is 43.5 Å². The molecule has 164 valence electrons. The lowest BCUT2D eigenvalue weighted by molar-refractivity contribution is -0.111. The maximum atomic E-state index is 12.8. The summed E-state index contributed by atoms with van der Waals surface area (Å²) in [6, 6.07) is 13.3. The Bertz CT molecular complexity index is 1080. The van der Waals surface area contributed by atoms with Crippen LogP contribution in [0.4, 0.5) is 5.69 Å². The van der Waals surface area contributed by atoms with Crippen LogP contribution in [0, 0.1) is 17.8 Å². The quantitative estimate of drug-likeness (QED) is 0.567. The third kappa shape index (κ3) is 5.37. The van der Waals surface area contributed by atoms with Crippen LogP contribution in [-0.4, -0.2) is 20.4 Å². The molecular formula is C24H27ClN2O3S. The van der Waals surface area contributed by atoms with Gasteiger partial charge in [-0.3, -0.25) is 4.79 Å². The third-order valence-corrected chi connectivity index (χ3v) is 8.29. The van der Waals surface area contributed by atoms with Gasteiger partial charge in [0.15, 0.2) is 0 Å². The molecule has 0 radical (unpaired) electrons. The number of hydrogen-bond donors (Lipinski definition) is 2. The Hall–Kier alpha value is -2.15. The fourth-order valence-electron chi connectivity index (χ4n) is 4.99. The molecule has 2 aliphatic rings. The normalized spacial score (nSPS) is 23.9. The van der Waals surface area contributed by atoms with E-state index in [-0.39, 0.29) is 16.8 Å². The summed E-state index contributed by atoms with van der Waals surface area (Å²) in [4.78, 5) is 12.3. The summed E-state index contributed by atoms with van der Waals surface area (Å²) in [7, 11) is -3.60. The van der Waals surface area contributed by atoms with E-state index in [1.54, 1.807) is 30.3 Å². The smallest absolute Gasteiger partial charge is 0.248 e. The average molecular weight is 459 g/mol. The molecule has 2 aliphatic carbocycles. The number of carbonyl (C=O) groups is 1. The van der Waals surface area contributed by atoms with Crippen LogP contribution in [0.1, 0.15) is 38.2 Å². The van der Waals surface area contributed by atoms with Gasteiger partial charge in [-0.25, -0.2) is 13.1 Å². The summed E-state index contributed by atoms with van der Waals surface area (Å²) in [6.07, 6.45) is 7.97. The van der Waals surface area contributed by atoms with Crippen molar-refractivity contribution in [2.24, 2.45) is 17.8 Å². The van der Waals surface area contributed by atoms with E-state index in [0.717, 1.165) is 17.9 Å². The van der Waals surface area contributed by atoms with E-state index < -0.39 is 10.0 Å². The number of anilines is 1. The molecule has 4 rings (SSSR count). The van der Waals surface area contributed by atoms with Crippen LogP contribution in [0.25, 0.3) is 6.08 Å². The lowest BCUT2D eigenvalue weighted by Crippen LogP contribution is -2.40. The Balaban J connectivity index is 1.35. The average Bonchev–Trinajstić information content (AvgIpc) is 3.36. The van der Waals surface area contributed by atoms with Crippen molar-refractivity contribution in [3.05, 3.63) is 65.2 Å². The van der Waals surface area contributed by atoms with Gasteiger partial charge in [0, 0.05) is 22.8 Å². The zero-order valence-corrected chi connectivity index (χ0v) is 19.0. The van der Waals surface area contributed by atoms with Crippen molar-refractivity contribution in [1.82, 2.24) is 4.72 Å². The molecule has 0 spiro atoms. The fraction of sp³-hybridized carbons (Fsp3) is 0.375. The van der Waals surface area contributed by atoms with Crippen LogP contribution >= 0.6 is 11.6 Å². The second kappa shape index (κ2) is 9.15. The molecule has 5 nitrogen and oxygen atoms in total. The Morgan fingerprint density at radius 3 is 2.55 bits per heavy atom. The molecule has 0 heterocycles. The van der Waals surface area contributed by atoms with Gasteiger partial charge in [0.25, 0.3) is 0 Å². The molecule has 0 saturated heterocycles. The summed E-state index contributed by atoms with van der Waals surface area (Å²) in [5.74, 6) is 1.55. The number of halogens is 1. The van der Waals surface area contributed by atoms with Crippen LogP contribution in [0.3, 0.4) is 0 Å². The maximum absolute atomic E-state index is 12.8. The molecule has 0 unspecified atom stereocenters. The van der Waals surface area contributed by atoms with Gasteiger partial charge in [0.2, 0.25) is 15.9 Å². The summed E-state index contributed by atoms with van der Waals surface area (Å²) < 4.78 is 28.5. The van der Waals surface area contributed by atoms with Crippen LogP contribution < -0.4 is 10.0 Å². The molecule has 2 bridgehead atoms. The van der Waals surface area contributed by atoms with E-state index in [1.165, 1.54) is 37.5 Å². The third-order valence-electron chi connectivity index (χ3n) is 6.48. The number of carbonyl (C=O) groups excluding carboxylic acids is 1. The van der Waals surface area contributed by atoms with Gasteiger partial charge in [0.05, 0.1) is 4.90 Å². The van der Waals surface area contributed by atoms with Crippen molar-refractivity contribution in [2.75, 3.05) is 5.32 Å². The van der Waals surface area contributed by atoms with Crippen molar-refractivity contribution in [1.29, 1.82) is 0 Å². The van der Waals surface area contributed by atoms with Gasteiger partial charge in [-0.05, 0) is 92.0 Å². The highest BCUT2D eigenvalue weighted by Gasteiger charge is 2.42. The molecule has 2 N–H and O–H groups in total. The predicted octanol–water partition coefficient (Wildman–Crippen LogP) is 5.09. The van der Waals surface area contributed by atoms with Gasteiger partial charge in [-0.15, -0.1) is 0 Å². The molecule has 1 amide bonds. The van der Waals surface area contributed by atoms with E-state index in [0.29, 0.717) is 22.5 Å². The number of fused-ring (bicyclic) bond motifs is 2. The summed E-state index contributed by atoms with van der Waals surface area (Å²) in [5, 5.41) is 3.34. The first-order valence-corrected chi connectivity index (χ1v) is 12.5. The Morgan fingerprint density at radius 2 is 1.90 bits per heavy atom. The van der Waals surface area contributed by atoms with Gasteiger partial charge in [-0.1, -0.05) is 30.2 Å². The molecule has 2 aromatic rings. The molecular weight excluding hydrogens is 432 g/mol. The zero-order valence-electron chi connectivity index (χ0n) is 17.4. The monoisotopic (exact) mass is 458 g/mol. The number of rotatable bonds is 7. The van der Waals surface area contributed by atoms with Crippen molar-refractivity contribution in [3.63, 3.8) is 0 Å². The van der Waals surface area contributed by atoms with Crippen LogP contribution in [0.5, 0.6) is 0 Å². The highest BCUT2D eigenvalue weighted by atomic mass is 35.5. The second-order valence-electron chi connectivity index (χ2n) is 8.65. The molecule has 2 fully saturated rings. The minimum Gasteiger partial charge on any atom is -0.323 e. The van der Waals surface area contributed by atoms with E-state index >= 15 is 0 Å². The van der Waals surface area contributed by atoms with Crippen molar-refractivity contribution >= 4 is 39.3 Å². The highest BCUT2D eigenvalue weighted by Crippen LogP contribution is 2.49. The topological polar surface area (TPSA) is 75.3 Å². The van der Waals surface area contributed by atoms with Gasteiger partial charge < -0.3 is 5.32 Å². The fourth-order valence-corrected chi connectivity index (χ4v) is 6.48. The lowest BCUT2D eigenvalue weighted by atomic mass is 9.84. The van der Waals surface area contributed by atoms with Crippen molar-refractivity contribution in [3.8, 4) is 0 Å². The molecule has 2 aromatic carbocycles. The van der Waals surface area contributed by atoms with Crippen LogP contribution in [-0.2, 0) is 14.8 Å². The minimum atomic E-state index is -3.60. The molecule has 7 heteroatoms. The van der Waals surface area contributed by atoms with E-state index in [2.05, 4.69) is 10.0 Å². The van der Waals surface area contributed by atoms with Crippen molar-refractivity contribution < 1.29 is 13.2 Å². The summed E-state index contributed by atoms with van der Waals surface area (Å²) in [6.45, 7) is 1.98. The standard InChI is InChI=1S/C24H27ClN2O3S/c1-16(23-15-18-5-7-19(23)13-18)27-31(29,30)22-10-8-21(9-11-22)26-24(28)12-6-17-3-2-4-20(25)14-17/h2-4,6,8-12,14,16,18-19,23,27H,5,7,13,15H2,1H3,(H,26,28)/b12-6+/t16-,18-,19-,23+/m1/s1. The molecule has 31 heavy (non-hydrogen) atoms. The largest absolute Gasteiger partial charge is 0.323 e. The van der Waals surface area contributed by atoms with Gasteiger partial charge in [-0.2, -0.15) is 0 Å². The Kier molecular flexibility index (Phi) is 6.51. The molecule has 4 atom stereocenters. The van der Waals surface area contributed by atoms with Gasteiger partial charge >= 0.3 is 0 Å². The van der Waals surface area contributed by atoms with E-state index in [4.69, 9.17) is 11.6 Å². The SMILES string of the molecule is C[C@@H](NS(=O)(=O)c1ccc(NC(=O)/C=C/c2cccc(Cl)c2)cc1)[C@@H]1C[C@@H]2CC[C@@H]1C2. The Labute approximate surface area is 188 Å². The summed E-state index contributed by atoms with van der Waals surface area (Å²) >= 11 is 5.94. The Morgan fingerprint density at radius 1 is 1.13 bits per heavy atom. The number of sulfonamides is 1. The molecule has 0 aromatic heterocycles. The number of amides is 1. The van der Waals surface area contributed by atoms with E-state index in [1.807, 2.05) is 19.1 Å². The first-order valence-electron chi connectivity index (χ1n) is 10.7. The summed E-state index contributed by atoms with van der Waals surface area (Å²) in [5.41, 5.74) is 1.35. The first-order chi connectivity index (χ1) is 14.8. The van der Waals surface area contributed by atoms with Gasteiger partial charge in [0.1, 0.15) is 0 Å². The zero-order chi connectivity index (χ0) is 22.0. The molecule has 2 saturated carbocycles. The minimum absolute atomic E-state index is 0.0729. The predicted molar refractivity (Wildman–Crippen MR) is 124 cm³/mol. The lowest BCUT2D eigenvalue weighted by Gasteiger charge is -2.28.